The van der Waals surface area contributed by atoms with E-state index < -0.39 is 0 Å². The van der Waals surface area contributed by atoms with Crippen molar-refractivity contribution >= 4 is 0 Å². The van der Waals surface area contributed by atoms with Crippen LogP contribution < -0.4 is 4.74 Å². The average molecular weight is 389 g/mol. The number of nitrogens with zero attached hydrogens (tertiary/aromatic N) is 3. The largest absolute Gasteiger partial charge is 0.494 e. The lowest BCUT2D eigenvalue weighted by atomic mass is 10.2. The minimum Gasteiger partial charge on any atom is -0.494 e. The fraction of sp³-hybridized carbons (Fsp3) is 0.217. The van der Waals surface area contributed by atoms with Crippen LogP contribution >= 0.6 is 0 Å². The Balaban J connectivity index is 1.48. The van der Waals surface area contributed by atoms with Gasteiger partial charge in [-0.1, -0.05) is 35.5 Å². The van der Waals surface area contributed by atoms with Crippen LogP contribution in [0.15, 0.2) is 81.9 Å². The molecule has 0 fully saturated rings. The molecule has 0 aliphatic rings. The first-order valence-electron chi connectivity index (χ1n) is 9.64. The van der Waals surface area contributed by atoms with E-state index in [9.17, 15) is 0 Å². The SMILES string of the molecule is CCOc1ccc(-c2noc(CN(Cc3ccccc3)Cc3ccco3)n2)cc1. The van der Waals surface area contributed by atoms with E-state index in [2.05, 4.69) is 27.2 Å². The van der Waals surface area contributed by atoms with E-state index in [0.29, 0.717) is 31.4 Å². The maximum absolute atomic E-state index is 5.52. The molecule has 29 heavy (non-hydrogen) atoms. The average Bonchev–Trinajstić information content (AvgIpc) is 3.42. The van der Waals surface area contributed by atoms with Crippen LogP contribution in [0, 0.1) is 0 Å². The Kier molecular flexibility index (Phi) is 6.02. The van der Waals surface area contributed by atoms with Crippen molar-refractivity contribution in [1.82, 2.24) is 15.0 Å². The lowest BCUT2D eigenvalue weighted by Gasteiger charge is -2.19. The van der Waals surface area contributed by atoms with Gasteiger partial charge in [0.15, 0.2) is 0 Å². The Morgan fingerprint density at radius 1 is 0.897 bits per heavy atom. The summed E-state index contributed by atoms with van der Waals surface area (Å²) in [6, 6.07) is 21.9. The third-order valence-electron chi connectivity index (χ3n) is 4.46. The summed E-state index contributed by atoms with van der Waals surface area (Å²) in [6.45, 7) is 4.53. The Hall–Kier alpha value is -3.38. The predicted octanol–water partition coefficient (Wildman–Crippen LogP) is 4.93. The molecule has 0 spiro atoms. The number of ether oxygens (including phenoxy) is 1. The van der Waals surface area contributed by atoms with Crippen LogP contribution in [0.3, 0.4) is 0 Å². The Bertz CT molecular complexity index is 996. The Morgan fingerprint density at radius 2 is 1.72 bits per heavy atom. The highest BCUT2D eigenvalue weighted by molar-refractivity contribution is 5.55. The highest BCUT2D eigenvalue weighted by atomic mass is 16.5. The van der Waals surface area contributed by atoms with Gasteiger partial charge in [-0.05, 0) is 48.9 Å². The maximum atomic E-state index is 5.52. The summed E-state index contributed by atoms with van der Waals surface area (Å²) in [4.78, 5) is 6.79. The standard InChI is InChI=1S/C23H23N3O3/c1-2-27-20-12-10-19(11-13-20)23-24-22(29-25-23)17-26(16-21-9-6-14-28-21)15-18-7-4-3-5-8-18/h3-14H,2,15-17H2,1H3. The summed E-state index contributed by atoms with van der Waals surface area (Å²) in [5.41, 5.74) is 2.11. The number of hydrogen-bond donors (Lipinski definition) is 0. The predicted molar refractivity (Wildman–Crippen MR) is 109 cm³/mol. The van der Waals surface area contributed by atoms with Crippen molar-refractivity contribution in [3.05, 3.63) is 90.2 Å². The molecule has 0 aliphatic carbocycles. The summed E-state index contributed by atoms with van der Waals surface area (Å²) < 4.78 is 16.5. The molecule has 0 saturated heterocycles. The molecule has 4 aromatic rings. The molecule has 2 heterocycles. The van der Waals surface area contributed by atoms with Crippen LogP contribution in [0.25, 0.3) is 11.4 Å². The van der Waals surface area contributed by atoms with Gasteiger partial charge in [-0.3, -0.25) is 4.90 Å². The molecular weight excluding hydrogens is 366 g/mol. The quantitative estimate of drug-likeness (QED) is 0.404. The summed E-state index contributed by atoms with van der Waals surface area (Å²) in [5.74, 6) is 2.86. The first-order chi connectivity index (χ1) is 14.3. The molecule has 0 atom stereocenters. The van der Waals surface area contributed by atoms with Crippen molar-refractivity contribution in [1.29, 1.82) is 0 Å². The molecule has 0 saturated carbocycles. The van der Waals surface area contributed by atoms with E-state index in [0.717, 1.165) is 23.6 Å². The first-order valence-corrected chi connectivity index (χ1v) is 9.64. The summed E-state index contributed by atoms with van der Waals surface area (Å²) >= 11 is 0. The van der Waals surface area contributed by atoms with Gasteiger partial charge in [0.1, 0.15) is 11.5 Å². The minimum absolute atomic E-state index is 0.527. The monoisotopic (exact) mass is 389 g/mol. The fourth-order valence-electron chi connectivity index (χ4n) is 3.13. The molecule has 6 nitrogen and oxygen atoms in total. The zero-order valence-corrected chi connectivity index (χ0v) is 16.3. The van der Waals surface area contributed by atoms with E-state index >= 15 is 0 Å². The van der Waals surface area contributed by atoms with E-state index in [1.807, 2.05) is 61.5 Å². The molecule has 0 bridgehead atoms. The lowest BCUT2D eigenvalue weighted by molar-refractivity contribution is 0.196. The van der Waals surface area contributed by atoms with Gasteiger partial charge < -0.3 is 13.7 Å². The third kappa shape index (κ3) is 5.12. The highest BCUT2D eigenvalue weighted by Crippen LogP contribution is 2.21. The van der Waals surface area contributed by atoms with Gasteiger partial charge >= 0.3 is 0 Å². The Morgan fingerprint density at radius 3 is 2.45 bits per heavy atom. The van der Waals surface area contributed by atoms with Crippen molar-refractivity contribution in [3.8, 4) is 17.1 Å². The molecule has 0 unspecified atom stereocenters. The van der Waals surface area contributed by atoms with Crippen LogP contribution in [-0.4, -0.2) is 21.6 Å². The van der Waals surface area contributed by atoms with Gasteiger partial charge in [0, 0.05) is 12.1 Å². The molecule has 4 rings (SSSR count). The van der Waals surface area contributed by atoms with Crippen LogP contribution in [0.1, 0.15) is 24.1 Å². The zero-order valence-electron chi connectivity index (χ0n) is 16.3. The van der Waals surface area contributed by atoms with Gasteiger partial charge in [-0.15, -0.1) is 0 Å². The van der Waals surface area contributed by atoms with Crippen LogP contribution in [0.4, 0.5) is 0 Å². The van der Waals surface area contributed by atoms with Gasteiger partial charge in [-0.25, -0.2) is 0 Å². The van der Waals surface area contributed by atoms with Gasteiger partial charge in [0.2, 0.25) is 11.7 Å². The third-order valence-corrected chi connectivity index (χ3v) is 4.46. The first kappa shape index (κ1) is 19.0. The topological polar surface area (TPSA) is 64.5 Å². The molecule has 0 aliphatic heterocycles. The van der Waals surface area contributed by atoms with Gasteiger partial charge in [0.25, 0.3) is 0 Å². The number of benzene rings is 2. The number of furan rings is 1. The zero-order chi connectivity index (χ0) is 19.9. The molecule has 0 amide bonds. The highest BCUT2D eigenvalue weighted by Gasteiger charge is 2.15. The molecule has 148 valence electrons. The van der Waals surface area contributed by atoms with Gasteiger partial charge in [-0.2, -0.15) is 4.98 Å². The van der Waals surface area contributed by atoms with E-state index in [-0.39, 0.29) is 0 Å². The van der Waals surface area contributed by atoms with Crippen LogP contribution in [0.2, 0.25) is 0 Å². The molecule has 2 aromatic heterocycles. The van der Waals surface area contributed by atoms with Crippen molar-refractivity contribution < 1.29 is 13.7 Å². The molecule has 2 aromatic carbocycles. The second kappa shape index (κ2) is 9.21. The normalized spacial score (nSPS) is 11.1. The fourth-order valence-corrected chi connectivity index (χ4v) is 3.13. The van der Waals surface area contributed by atoms with Crippen LogP contribution in [0.5, 0.6) is 5.75 Å². The Labute approximate surface area is 169 Å². The summed E-state index contributed by atoms with van der Waals surface area (Å²) in [7, 11) is 0. The molecule has 0 N–H and O–H groups in total. The molecule has 0 radical (unpaired) electrons. The summed E-state index contributed by atoms with van der Waals surface area (Å²) in [5, 5.41) is 4.14. The van der Waals surface area contributed by atoms with Crippen molar-refractivity contribution in [2.75, 3.05) is 6.61 Å². The van der Waals surface area contributed by atoms with Crippen LogP contribution in [-0.2, 0) is 19.6 Å². The van der Waals surface area contributed by atoms with Crippen molar-refractivity contribution in [2.45, 2.75) is 26.6 Å². The van der Waals surface area contributed by atoms with Gasteiger partial charge in [0.05, 0.1) is 26.0 Å². The van der Waals surface area contributed by atoms with Crippen molar-refractivity contribution in [2.24, 2.45) is 0 Å². The maximum Gasteiger partial charge on any atom is 0.241 e. The van der Waals surface area contributed by atoms with Crippen molar-refractivity contribution in [3.63, 3.8) is 0 Å². The van der Waals surface area contributed by atoms with E-state index in [4.69, 9.17) is 13.7 Å². The van der Waals surface area contributed by atoms with E-state index in [1.165, 1.54) is 5.56 Å². The lowest BCUT2D eigenvalue weighted by Crippen LogP contribution is -2.22. The van der Waals surface area contributed by atoms with E-state index in [1.54, 1.807) is 6.26 Å². The minimum atomic E-state index is 0.527. The second-order valence-corrected chi connectivity index (χ2v) is 6.68. The number of hydrogen-bond acceptors (Lipinski definition) is 6. The number of rotatable bonds is 9. The molecular formula is C23H23N3O3. The summed E-state index contributed by atoms with van der Waals surface area (Å²) in [6.07, 6.45) is 1.69. The second-order valence-electron chi connectivity index (χ2n) is 6.68. The number of aromatic nitrogens is 2. The molecule has 6 heteroatoms. The smallest absolute Gasteiger partial charge is 0.241 e.